The Kier molecular flexibility index (Phi) is 8.28. The van der Waals surface area contributed by atoms with Crippen LogP contribution >= 0.6 is 0 Å². The summed E-state index contributed by atoms with van der Waals surface area (Å²) in [4.78, 5) is 0. The fourth-order valence-electron chi connectivity index (χ4n) is 3.54. The number of benzene rings is 1. The molecule has 1 aromatic rings. The van der Waals surface area contributed by atoms with Gasteiger partial charge in [0.2, 0.25) is 0 Å². The zero-order valence-electron chi connectivity index (χ0n) is 17.9. The first-order valence-electron chi connectivity index (χ1n) is 9.96. The predicted molar refractivity (Wildman–Crippen MR) is 116 cm³/mol. The zero-order valence-corrected chi connectivity index (χ0v) is 17.9. The summed E-state index contributed by atoms with van der Waals surface area (Å²) in [5, 5.41) is 9.37. The quantitative estimate of drug-likeness (QED) is 0.490. The number of aryl methyl sites for hydroxylation is 1. The van der Waals surface area contributed by atoms with Crippen molar-refractivity contribution in [3.63, 3.8) is 0 Å². The van der Waals surface area contributed by atoms with E-state index >= 15 is 0 Å². The van der Waals surface area contributed by atoms with E-state index in [1.165, 1.54) is 22.3 Å². The lowest BCUT2D eigenvalue weighted by molar-refractivity contribution is -0.0478. The van der Waals surface area contributed by atoms with Crippen molar-refractivity contribution >= 4 is 0 Å². The van der Waals surface area contributed by atoms with Crippen LogP contribution in [0.4, 0.5) is 0 Å². The first kappa shape index (κ1) is 22.2. The van der Waals surface area contributed by atoms with E-state index in [0.717, 1.165) is 29.7 Å². The highest BCUT2D eigenvalue weighted by Crippen LogP contribution is 2.28. The van der Waals surface area contributed by atoms with Crippen LogP contribution in [0.25, 0.3) is 0 Å². The van der Waals surface area contributed by atoms with Crippen molar-refractivity contribution in [2.24, 2.45) is 5.92 Å². The number of aliphatic hydroxyl groups is 1. The van der Waals surface area contributed by atoms with Crippen molar-refractivity contribution in [2.45, 2.75) is 60.2 Å². The van der Waals surface area contributed by atoms with Gasteiger partial charge in [0.25, 0.3) is 0 Å². The molecule has 3 heteroatoms. The molecular formula is C25H34O3. The minimum absolute atomic E-state index is 0.157. The Morgan fingerprint density at radius 2 is 1.96 bits per heavy atom. The maximum absolute atomic E-state index is 9.37. The molecule has 0 fully saturated rings. The Hall–Kier alpha value is -2.10. The lowest BCUT2D eigenvalue weighted by atomic mass is 9.88. The summed E-state index contributed by atoms with van der Waals surface area (Å²) < 4.78 is 11.9. The van der Waals surface area contributed by atoms with Crippen molar-refractivity contribution in [1.29, 1.82) is 0 Å². The lowest BCUT2D eigenvalue weighted by Gasteiger charge is -2.26. The molecule has 3 nitrogen and oxygen atoms in total. The van der Waals surface area contributed by atoms with Crippen molar-refractivity contribution in [3.05, 3.63) is 82.2 Å². The van der Waals surface area contributed by atoms with E-state index in [1.807, 2.05) is 13.8 Å². The third-order valence-corrected chi connectivity index (χ3v) is 5.50. The van der Waals surface area contributed by atoms with Gasteiger partial charge < -0.3 is 14.6 Å². The second-order valence-electron chi connectivity index (χ2n) is 7.74. The molecular weight excluding hydrogens is 348 g/mol. The van der Waals surface area contributed by atoms with E-state index in [2.05, 4.69) is 63.8 Å². The highest BCUT2D eigenvalue weighted by Gasteiger charge is 2.22. The number of aliphatic hydroxyl groups excluding tert-OH is 1. The fraction of sp³-hybridized carbons (Fsp3) is 0.440. The van der Waals surface area contributed by atoms with Crippen LogP contribution in [0.15, 0.2) is 65.5 Å². The van der Waals surface area contributed by atoms with Crippen molar-refractivity contribution in [1.82, 2.24) is 0 Å². The number of rotatable bonds is 6. The number of allylic oxidation sites excluding steroid dienone is 4. The summed E-state index contributed by atoms with van der Waals surface area (Å²) in [7, 11) is 0. The Morgan fingerprint density at radius 3 is 2.64 bits per heavy atom. The molecule has 2 rings (SSSR count). The first-order valence-corrected chi connectivity index (χ1v) is 9.96. The summed E-state index contributed by atoms with van der Waals surface area (Å²) in [6.45, 7) is 14.8. The van der Waals surface area contributed by atoms with Gasteiger partial charge in [-0.3, -0.25) is 0 Å². The van der Waals surface area contributed by atoms with Gasteiger partial charge in [0.05, 0.1) is 6.10 Å². The Morgan fingerprint density at radius 1 is 1.21 bits per heavy atom. The molecule has 0 amide bonds. The van der Waals surface area contributed by atoms with Crippen LogP contribution in [-0.4, -0.2) is 18.0 Å². The molecule has 0 radical (unpaired) electrons. The van der Waals surface area contributed by atoms with Crippen LogP contribution < -0.4 is 0 Å². The second kappa shape index (κ2) is 10.4. The number of ether oxygens (including phenoxy) is 2. The minimum atomic E-state index is -0.310. The molecule has 0 aliphatic heterocycles. The zero-order chi connectivity index (χ0) is 20.7. The predicted octanol–water partition coefficient (Wildman–Crippen LogP) is 5.92. The summed E-state index contributed by atoms with van der Waals surface area (Å²) in [5.74, 6) is 0.994. The molecule has 0 heterocycles. The van der Waals surface area contributed by atoms with E-state index in [0.29, 0.717) is 6.61 Å². The topological polar surface area (TPSA) is 38.7 Å². The van der Waals surface area contributed by atoms with Crippen LogP contribution in [-0.2, 0) is 16.1 Å². The molecule has 1 aliphatic carbocycles. The molecule has 0 saturated carbocycles. The monoisotopic (exact) mass is 382 g/mol. The third-order valence-electron chi connectivity index (χ3n) is 5.50. The molecule has 1 N–H and O–H groups in total. The Bertz CT molecular complexity index is 783. The van der Waals surface area contributed by atoms with Gasteiger partial charge in [-0.1, -0.05) is 42.0 Å². The summed E-state index contributed by atoms with van der Waals surface area (Å²) in [6, 6.07) is 6.30. The number of hydrogen-bond donors (Lipinski definition) is 1. The van der Waals surface area contributed by atoms with Gasteiger partial charge in [0, 0.05) is 5.92 Å². The first-order chi connectivity index (χ1) is 13.3. The van der Waals surface area contributed by atoms with E-state index in [4.69, 9.17) is 9.47 Å². The Labute approximate surface area is 170 Å². The van der Waals surface area contributed by atoms with Gasteiger partial charge >= 0.3 is 0 Å². The van der Waals surface area contributed by atoms with Crippen LogP contribution in [0.1, 0.15) is 50.3 Å². The molecule has 2 atom stereocenters. The smallest absolute Gasteiger partial charge is 0.144 e. The highest BCUT2D eigenvalue weighted by atomic mass is 16.6. The summed E-state index contributed by atoms with van der Waals surface area (Å²) in [5.41, 5.74) is 6.98. The normalized spacial score (nSPS) is 26.3. The van der Waals surface area contributed by atoms with E-state index in [1.54, 1.807) is 0 Å². The van der Waals surface area contributed by atoms with Crippen molar-refractivity contribution in [3.8, 4) is 0 Å². The maximum Gasteiger partial charge on any atom is 0.144 e. The van der Waals surface area contributed by atoms with Crippen LogP contribution in [0, 0.1) is 19.8 Å². The lowest BCUT2D eigenvalue weighted by Crippen LogP contribution is -2.24. The van der Waals surface area contributed by atoms with E-state index < -0.39 is 0 Å². The van der Waals surface area contributed by atoms with Crippen molar-refractivity contribution in [2.75, 3.05) is 6.79 Å². The number of hydrogen-bond acceptors (Lipinski definition) is 3. The minimum Gasteiger partial charge on any atom is -0.489 e. The van der Waals surface area contributed by atoms with Gasteiger partial charge in [-0.2, -0.15) is 0 Å². The van der Waals surface area contributed by atoms with Crippen LogP contribution in [0.3, 0.4) is 0 Å². The highest BCUT2D eigenvalue weighted by molar-refractivity contribution is 5.35. The molecule has 28 heavy (non-hydrogen) atoms. The van der Waals surface area contributed by atoms with Gasteiger partial charge in [-0.25, -0.2) is 0 Å². The average molecular weight is 383 g/mol. The molecule has 0 unspecified atom stereocenters. The average Bonchev–Trinajstić information content (AvgIpc) is 2.64. The molecule has 0 bridgehead atoms. The molecule has 0 aromatic heterocycles. The summed E-state index contributed by atoms with van der Waals surface area (Å²) in [6.07, 6.45) is 8.03. The van der Waals surface area contributed by atoms with Gasteiger partial charge in [-0.05, 0) is 81.9 Å². The van der Waals surface area contributed by atoms with Gasteiger partial charge in [0.1, 0.15) is 19.2 Å². The molecule has 152 valence electrons. The standard InChI is InChI=1S/C25H34O3/c1-17(2)23-12-7-9-18(3)13-24(20(5)14-25(23)28-16-26)27-15-22-11-8-10-19(4)21(22)6/h8-11,13-14,23,25-26H,1,7,12,15-16H2,2-6H3/b18-9+,20-14+,24-13+/t23-,25-/m0/s1. The maximum atomic E-state index is 9.37. The summed E-state index contributed by atoms with van der Waals surface area (Å²) >= 11 is 0. The SMILES string of the molecule is C=C(C)[C@@H]1CC/C=C(C)/C=C(OCc2cccc(C)c2C)\C(C)=C\[C@@H]1OCO. The molecule has 1 aromatic carbocycles. The fourth-order valence-corrected chi connectivity index (χ4v) is 3.54. The molecule has 0 saturated heterocycles. The second-order valence-corrected chi connectivity index (χ2v) is 7.74. The third kappa shape index (κ3) is 5.95. The van der Waals surface area contributed by atoms with E-state index in [9.17, 15) is 5.11 Å². The van der Waals surface area contributed by atoms with Crippen LogP contribution in [0.2, 0.25) is 0 Å². The van der Waals surface area contributed by atoms with E-state index in [-0.39, 0.29) is 18.8 Å². The largest absolute Gasteiger partial charge is 0.489 e. The van der Waals surface area contributed by atoms with Gasteiger partial charge in [0.15, 0.2) is 0 Å². The van der Waals surface area contributed by atoms with Crippen molar-refractivity contribution < 1.29 is 14.6 Å². The molecule has 0 spiro atoms. The Balaban J connectivity index is 2.33. The van der Waals surface area contributed by atoms with Crippen LogP contribution in [0.5, 0.6) is 0 Å². The molecule has 1 aliphatic rings. The van der Waals surface area contributed by atoms with Gasteiger partial charge in [-0.15, -0.1) is 0 Å².